The second-order valence-electron chi connectivity index (χ2n) is 3.81. The topological polar surface area (TPSA) is 23.5 Å². The fraction of sp³-hybridized carbons (Fsp3) is 1.00. The molecule has 0 aliphatic rings. The maximum absolute atomic E-state index is 9.97. The van der Waals surface area contributed by atoms with E-state index in [1.165, 1.54) is 0 Å². The lowest BCUT2D eigenvalue weighted by atomic mass is 9.88. The normalized spacial score (nSPS) is 18.7. The van der Waals surface area contributed by atoms with Gasteiger partial charge in [-0.25, -0.2) is 0 Å². The second-order valence-corrected chi connectivity index (χ2v) is 3.81. The van der Waals surface area contributed by atoms with Crippen molar-refractivity contribution in [3.05, 3.63) is 0 Å². The first kappa shape index (κ1) is 12.9. The maximum atomic E-state index is 9.97. The molecule has 0 fully saturated rings. The van der Waals surface area contributed by atoms with Gasteiger partial charge in [0.1, 0.15) is 0 Å². The highest BCUT2D eigenvalue weighted by atomic mass is 16.3. The molecule has 0 amide bonds. The Morgan fingerprint density at radius 2 is 1.62 bits per heavy atom. The van der Waals surface area contributed by atoms with Crippen LogP contribution in [0.2, 0.25) is 0 Å². The summed E-state index contributed by atoms with van der Waals surface area (Å²) in [6, 6.07) is 0. The molecule has 2 unspecified atom stereocenters. The third-order valence-corrected chi connectivity index (χ3v) is 3.31. The molecule has 2 nitrogen and oxygen atoms in total. The number of aliphatic hydroxyl groups is 1. The van der Waals surface area contributed by atoms with Gasteiger partial charge in [-0.15, -0.1) is 0 Å². The van der Waals surface area contributed by atoms with Crippen LogP contribution in [0.1, 0.15) is 47.5 Å². The Morgan fingerprint density at radius 3 is 1.85 bits per heavy atom. The number of aliphatic hydroxyl groups excluding tert-OH is 1. The van der Waals surface area contributed by atoms with E-state index < -0.39 is 0 Å². The number of hydrogen-bond donors (Lipinski definition) is 1. The number of likely N-dealkylation sites (N-methyl/N-ethyl adjacent to an activating group) is 1. The fourth-order valence-electron chi connectivity index (χ4n) is 2.06. The highest BCUT2D eigenvalue weighted by molar-refractivity contribution is 4.90. The SMILES string of the molecule is CCC(O)C(C)(CC)N(CC)CC. The minimum absolute atomic E-state index is 0.0434. The summed E-state index contributed by atoms with van der Waals surface area (Å²) in [5.74, 6) is 0. The lowest BCUT2D eigenvalue weighted by Crippen LogP contribution is -2.53. The number of rotatable bonds is 6. The molecule has 2 atom stereocenters. The van der Waals surface area contributed by atoms with Gasteiger partial charge in [-0.05, 0) is 32.9 Å². The summed E-state index contributed by atoms with van der Waals surface area (Å²) in [4.78, 5) is 2.35. The summed E-state index contributed by atoms with van der Waals surface area (Å²) in [5.41, 5.74) is -0.0434. The van der Waals surface area contributed by atoms with E-state index in [9.17, 15) is 5.11 Å². The first-order valence-corrected chi connectivity index (χ1v) is 5.49. The molecule has 0 radical (unpaired) electrons. The van der Waals surface area contributed by atoms with Gasteiger partial charge in [0.25, 0.3) is 0 Å². The summed E-state index contributed by atoms with van der Waals surface area (Å²) < 4.78 is 0. The summed E-state index contributed by atoms with van der Waals surface area (Å²) in [6.07, 6.45) is 1.63. The van der Waals surface area contributed by atoms with Gasteiger partial charge >= 0.3 is 0 Å². The van der Waals surface area contributed by atoms with Crippen LogP contribution in [-0.4, -0.2) is 34.7 Å². The van der Waals surface area contributed by atoms with Crippen molar-refractivity contribution in [2.75, 3.05) is 13.1 Å². The van der Waals surface area contributed by atoms with Crippen molar-refractivity contribution in [1.29, 1.82) is 0 Å². The molecule has 0 aliphatic carbocycles. The van der Waals surface area contributed by atoms with Crippen molar-refractivity contribution in [2.24, 2.45) is 0 Å². The minimum Gasteiger partial charge on any atom is -0.391 e. The van der Waals surface area contributed by atoms with Crippen molar-refractivity contribution in [3.63, 3.8) is 0 Å². The molecule has 0 spiro atoms. The van der Waals surface area contributed by atoms with E-state index in [2.05, 4.69) is 32.6 Å². The average Bonchev–Trinajstić information content (AvgIpc) is 2.17. The fourth-order valence-corrected chi connectivity index (χ4v) is 2.06. The smallest absolute Gasteiger partial charge is 0.0718 e. The van der Waals surface area contributed by atoms with Gasteiger partial charge < -0.3 is 5.11 Å². The molecule has 0 aromatic carbocycles. The van der Waals surface area contributed by atoms with E-state index in [0.717, 1.165) is 25.9 Å². The minimum atomic E-state index is -0.211. The molecular weight excluding hydrogens is 162 g/mol. The first-order valence-electron chi connectivity index (χ1n) is 5.49. The molecular formula is C11H25NO. The van der Waals surface area contributed by atoms with Crippen molar-refractivity contribution in [1.82, 2.24) is 4.90 Å². The summed E-state index contributed by atoms with van der Waals surface area (Å²) in [7, 11) is 0. The zero-order chi connectivity index (χ0) is 10.5. The van der Waals surface area contributed by atoms with Crippen LogP contribution in [0.4, 0.5) is 0 Å². The van der Waals surface area contributed by atoms with Crippen LogP contribution in [0.25, 0.3) is 0 Å². The van der Waals surface area contributed by atoms with Crippen LogP contribution >= 0.6 is 0 Å². The van der Waals surface area contributed by atoms with Crippen LogP contribution in [0, 0.1) is 0 Å². The Labute approximate surface area is 82.9 Å². The van der Waals surface area contributed by atoms with Gasteiger partial charge in [-0.1, -0.05) is 27.7 Å². The Balaban J connectivity index is 4.57. The predicted molar refractivity (Wildman–Crippen MR) is 57.9 cm³/mol. The molecule has 0 aromatic rings. The van der Waals surface area contributed by atoms with E-state index >= 15 is 0 Å². The molecule has 0 rings (SSSR count). The monoisotopic (exact) mass is 187 g/mol. The van der Waals surface area contributed by atoms with Crippen LogP contribution in [-0.2, 0) is 0 Å². The highest BCUT2D eigenvalue weighted by Gasteiger charge is 2.34. The van der Waals surface area contributed by atoms with E-state index in [4.69, 9.17) is 0 Å². The van der Waals surface area contributed by atoms with E-state index in [1.54, 1.807) is 0 Å². The van der Waals surface area contributed by atoms with Crippen LogP contribution in [0.3, 0.4) is 0 Å². The molecule has 0 heterocycles. The molecule has 80 valence electrons. The molecule has 2 heteroatoms. The summed E-state index contributed by atoms with van der Waals surface area (Å²) >= 11 is 0. The van der Waals surface area contributed by atoms with E-state index in [-0.39, 0.29) is 11.6 Å². The zero-order valence-corrected chi connectivity index (χ0v) is 9.80. The first-order chi connectivity index (χ1) is 6.06. The van der Waals surface area contributed by atoms with Crippen molar-refractivity contribution < 1.29 is 5.11 Å². The Kier molecular flexibility index (Phi) is 5.57. The van der Waals surface area contributed by atoms with Gasteiger partial charge in [0, 0.05) is 5.54 Å². The number of hydrogen-bond acceptors (Lipinski definition) is 2. The third kappa shape index (κ3) is 2.68. The van der Waals surface area contributed by atoms with Gasteiger partial charge in [-0.3, -0.25) is 4.90 Å². The van der Waals surface area contributed by atoms with Crippen molar-refractivity contribution >= 4 is 0 Å². The standard InChI is InChI=1S/C11H25NO/c1-6-10(13)11(5,7-2)12(8-3)9-4/h10,13H,6-9H2,1-5H3. The van der Waals surface area contributed by atoms with Crippen molar-refractivity contribution in [2.45, 2.75) is 59.1 Å². The van der Waals surface area contributed by atoms with Crippen molar-refractivity contribution in [3.8, 4) is 0 Å². The molecule has 1 N–H and O–H groups in total. The van der Waals surface area contributed by atoms with E-state index in [1.807, 2.05) is 6.92 Å². The predicted octanol–water partition coefficient (Wildman–Crippen LogP) is 2.27. The lowest BCUT2D eigenvalue weighted by Gasteiger charge is -2.43. The van der Waals surface area contributed by atoms with Gasteiger partial charge in [0.05, 0.1) is 6.10 Å². The molecule has 0 aliphatic heterocycles. The van der Waals surface area contributed by atoms with Crippen LogP contribution in [0.15, 0.2) is 0 Å². The van der Waals surface area contributed by atoms with Crippen LogP contribution < -0.4 is 0 Å². The lowest BCUT2D eigenvalue weighted by molar-refractivity contribution is -0.0211. The Morgan fingerprint density at radius 1 is 1.15 bits per heavy atom. The van der Waals surface area contributed by atoms with Gasteiger partial charge in [0.15, 0.2) is 0 Å². The Hall–Kier alpha value is -0.0800. The highest BCUT2D eigenvalue weighted by Crippen LogP contribution is 2.25. The average molecular weight is 187 g/mol. The molecule has 0 aromatic heterocycles. The number of nitrogens with zero attached hydrogens (tertiary/aromatic N) is 1. The molecule has 0 bridgehead atoms. The summed E-state index contributed by atoms with van der Waals surface area (Å²) in [5, 5.41) is 9.97. The van der Waals surface area contributed by atoms with Gasteiger partial charge in [-0.2, -0.15) is 0 Å². The van der Waals surface area contributed by atoms with Gasteiger partial charge in [0.2, 0.25) is 0 Å². The quantitative estimate of drug-likeness (QED) is 0.689. The van der Waals surface area contributed by atoms with E-state index in [0.29, 0.717) is 0 Å². The second kappa shape index (κ2) is 5.61. The molecule has 0 saturated heterocycles. The molecule has 0 saturated carbocycles. The van der Waals surface area contributed by atoms with Crippen LogP contribution in [0.5, 0.6) is 0 Å². The summed E-state index contributed by atoms with van der Waals surface area (Å²) in [6.45, 7) is 12.7. The Bertz CT molecular complexity index is 134. The maximum Gasteiger partial charge on any atom is 0.0718 e. The zero-order valence-electron chi connectivity index (χ0n) is 9.80. The third-order valence-electron chi connectivity index (χ3n) is 3.31. The largest absolute Gasteiger partial charge is 0.391 e. The molecule has 13 heavy (non-hydrogen) atoms.